The summed E-state index contributed by atoms with van der Waals surface area (Å²) in [6.07, 6.45) is 1.05. The molecule has 0 aliphatic carbocycles. The van der Waals surface area contributed by atoms with Crippen molar-refractivity contribution in [3.05, 3.63) is 0 Å². The molecule has 0 spiro atoms. The lowest BCUT2D eigenvalue weighted by molar-refractivity contribution is 0.818. The second kappa shape index (κ2) is 7.15. The highest BCUT2D eigenvalue weighted by Crippen LogP contribution is 1.79. The van der Waals surface area contributed by atoms with Gasteiger partial charge in [-0.25, -0.2) is 0 Å². The highest BCUT2D eigenvalue weighted by atomic mass is 32.1. The maximum Gasteiger partial charge on any atom is 0.166 e. The van der Waals surface area contributed by atoms with Crippen molar-refractivity contribution in [3.63, 3.8) is 0 Å². The van der Waals surface area contributed by atoms with Crippen LogP contribution in [0.2, 0.25) is 0 Å². The largest absolute Gasteiger partial charge is 0.363 e. The van der Waals surface area contributed by atoms with Crippen molar-refractivity contribution < 1.29 is 0 Å². The molecular weight excluding hydrogens is 164 g/mol. The van der Waals surface area contributed by atoms with Crippen LogP contribution in [0.1, 0.15) is 13.3 Å². The molecule has 2 N–H and O–H groups in total. The van der Waals surface area contributed by atoms with Crippen LogP contribution in [-0.2, 0) is 0 Å². The van der Waals surface area contributed by atoms with E-state index in [1.807, 2.05) is 6.92 Å². The second-order valence-corrected chi connectivity index (χ2v) is 2.72. The molecule has 0 heterocycles. The van der Waals surface area contributed by atoms with Crippen LogP contribution in [0.3, 0.4) is 0 Å². The Labute approximate surface area is 73.2 Å². The van der Waals surface area contributed by atoms with Gasteiger partial charge in [0, 0.05) is 13.1 Å². The van der Waals surface area contributed by atoms with E-state index in [1.54, 1.807) is 0 Å². The van der Waals surface area contributed by atoms with Gasteiger partial charge in [-0.2, -0.15) is 12.6 Å². The molecule has 10 heavy (non-hydrogen) atoms. The van der Waals surface area contributed by atoms with E-state index in [2.05, 4.69) is 23.3 Å². The van der Waals surface area contributed by atoms with Crippen LogP contribution in [0.15, 0.2) is 0 Å². The molecule has 0 unspecified atom stereocenters. The van der Waals surface area contributed by atoms with E-state index >= 15 is 0 Å². The number of nitrogens with one attached hydrogen (secondary N) is 2. The summed E-state index contributed by atoms with van der Waals surface area (Å²) in [5.74, 6) is 0.905. The zero-order chi connectivity index (χ0) is 7.82. The number of thiol groups is 1. The monoisotopic (exact) mass is 178 g/mol. The Morgan fingerprint density at radius 3 is 2.70 bits per heavy atom. The predicted octanol–water partition coefficient (Wildman–Crippen LogP) is 0.790. The van der Waals surface area contributed by atoms with Crippen molar-refractivity contribution >= 4 is 30.0 Å². The fourth-order valence-electron chi connectivity index (χ4n) is 0.504. The zero-order valence-electron chi connectivity index (χ0n) is 6.18. The molecular formula is C6H14N2S2. The second-order valence-electron chi connectivity index (χ2n) is 1.86. The van der Waals surface area contributed by atoms with Crippen molar-refractivity contribution in [1.29, 1.82) is 0 Å². The summed E-state index contributed by atoms with van der Waals surface area (Å²) >= 11 is 8.99. The van der Waals surface area contributed by atoms with Gasteiger partial charge in [0.25, 0.3) is 0 Å². The minimum absolute atomic E-state index is 0.740. The lowest BCUT2D eigenvalue weighted by Gasteiger charge is -2.06. The maximum absolute atomic E-state index is 4.92. The zero-order valence-corrected chi connectivity index (χ0v) is 7.89. The molecule has 60 valence electrons. The first kappa shape index (κ1) is 10.0. The predicted molar refractivity (Wildman–Crippen MR) is 52.7 cm³/mol. The van der Waals surface area contributed by atoms with Crippen LogP contribution in [-0.4, -0.2) is 24.0 Å². The van der Waals surface area contributed by atoms with Gasteiger partial charge in [-0.3, -0.25) is 0 Å². The first-order valence-electron chi connectivity index (χ1n) is 3.43. The minimum Gasteiger partial charge on any atom is -0.363 e. The minimum atomic E-state index is 0.740. The molecule has 0 aliphatic heterocycles. The van der Waals surface area contributed by atoms with Crippen LogP contribution in [0.25, 0.3) is 0 Å². The van der Waals surface area contributed by atoms with E-state index in [0.29, 0.717) is 0 Å². The van der Waals surface area contributed by atoms with Gasteiger partial charge in [-0.15, -0.1) is 0 Å². The van der Waals surface area contributed by atoms with Crippen molar-refractivity contribution in [3.8, 4) is 0 Å². The van der Waals surface area contributed by atoms with Crippen molar-refractivity contribution in [1.82, 2.24) is 10.6 Å². The van der Waals surface area contributed by atoms with Gasteiger partial charge in [-0.05, 0) is 31.3 Å². The lowest BCUT2D eigenvalue weighted by Crippen LogP contribution is -2.35. The summed E-state index contributed by atoms with van der Waals surface area (Å²) < 4.78 is 0. The Morgan fingerprint density at radius 2 is 2.20 bits per heavy atom. The van der Waals surface area contributed by atoms with Gasteiger partial charge in [-0.1, -0.05) is 0 Å². The Bertz CT molecular complexity index is 95.7. The summed E-state index contributed by atoms with van der Waals surface area (Å²) in [6.45, 7) is 3.81. The SMILES string of the molecule is CCNC(=S)NCCCS. The summed E-state index contributed by atoms with van der Waals surface area (Å²) in [7, 11) is 0. The highest BCUT2D eigenvalue weighted by molar-refractivity contribution is 7.80. The molecule has 0 aromatic heterocycles. The first-order chi connectivity index (χ1) is 4.81. The smallest absolute Gasteiger partial charge is 0.166 e. The molecule has 0 bridgehead atoms. The van der Waals surface area contributed by atoms with Crippen molar-refractivity contribution in [2.45, 2.75) is 13.3 Å². The van der Waals surface area contributed by atoms with E-state index in [1.165, 1.54) is 0 Å². The number of thiocarbonyl (C=S) groups is 1. The van der Waals surface area contributed by atoms with E-state index in [0.717, 1.165) is 30.4 Å². The summed E-state index contributed by atoms with van der Waals surface area (Å²) in [4.78, 5) is 0. The molecule has 0 aromatic rings. The topological polar surface area (TPSA) is 24.1 Å². The van der Waals surface area contributed by atoms with Gasteiger partial charge < -0.3 is 10.6 Å². The van der Waals surface area contributed by atoms with E-state index in [4.69, 9.17) is 12.2 Å². The van der Waals surface area contributed by atoms with Gasteiger partial charge in [0.05, 0.1) is 0 Å². The number of rotatable bonds is 4. The molecule has 0 amide bonds. The Kier molecular flexibility index (Phi) is 7.18. The van der Waals surface area contributed by atoms with Crippen LogP contribution >= 0.6 is 24.8 Å². The molecule has 0 atom stereocenters. The molecule has 0 aliphatic rings. The third-order valence-electron chi connectivity index (χ3n) is 0.958. The highest BCUT2D eigenvalue weighted by Gasteiger charge is 1.89. The normalized spacial score (nSPS) is 9.00. The van der Waals surface area contributed by atoms with Gasteiger partial charge in [0.2, 0.25) is 0 Å². The molecule has 0 radical (unpaired) electrons. The lowest BCUT2D eigenvalue weighted by atomic mass is 10.5. The van der Waals surface area contributed by atoms with Crippen LogP contribution < -0.4 is 10.6 Å². The molecule has 0 fully saturated rings. The van der Waals surface area contributed by atoms with Crippen LogP contribution in [0.5, 0.6) is 0 Å². The Morgan fingerprint density at radius 1 is 1.50 bits per heavy atom. The van der Waals surface area contributed by atoms with E-state index in [9.17, 15) is 0 Å². The third-order valence-corrected chi connectivity index (χ3v) is 1.56. The first-order valence-corrected chi connectivity index (χ1v) is 4.48. The van der Waals surface area contributed by atoms with Crippen LogP contribution in [0, 0.1) is 0 Å². The average molecular weight is 178 g/mol. The quantitative estimate of drug-likeness (QED) is 0.337. The summed E-state index contributed by atoms with van der Waals surface area (Å²) in [6, 6.07) is 0. The van der Waals surface area contributed by atoms with Crippen molar-refractivity contribution in [2.24, 2.45) is 0 Å². The van der Waals surface area contributed by atoms with Gasteiger partial charge in [0.1, 0.15) is 0 Å². The molecule has 0 saturated carbocycles. The van der Waals surface area contributed by atoms with Gasteiger partial charge >= 0.3 is 0 Å². The van der Waals surface area contributed by atoms with Crippen LogP contribution in [0.4, 0.5) is 0 Å². The maximum atomic E-state index is 4.92. The molecule has 0 saturated heterocycles. The fourth-order valence-corrected chi connectivity index (χ4v) is 0.909. The molecule has 4 heteroatoms. The average Bonchev–Trinajstić information content (AvgIpc) is 1.89. The number of hydrogen-bond acceptors (Lipinski definition) is 2. The number of hydrogen-bond donors (Lipinski definition) is 3. The fraction of sp³-hybridized carbons (Fsp3) is 0.833. The standard InChI is InChI=1S/C6H14N2S2/c1-2-7-6(10)8-4-3-5-9/h9H,2-5H2,1H3,(H2,7,8,10). The Hall–Kier alpha value is 0.0400. The summed E-state index contributed by atoms with van der Waals surface area (Å²) in [5, 5.41) is 6.80. The summed E-state index contributed by atoms with van der Waals surface area (Å²) in [5.41, 5.74) is 0. The molecule has 2 nitrogen and oxygen atoms in total. The molecule has 0 rings (SSSR count). The van der Waals surface area contributed by atoms with E-state index in [-0.39, 0.29) is 0 Å². The Balaban J connectivity index is 3.05. The third kappa shape index (κ3) is 6.16. The molecule has 0 aromatic carbocycles. The van der Waals surface area contributed by atoms with Crippen molar-refractivity contribution in [2.75, 3.05) is 18.8 Å². The van der Waals surface area contributed by atoms with Gasteiger partial charge in [0.15, 0.2) is 5.11 Å². The van der Waals surface area contributed by atoms with E-state index < -0.39 is 0 Å².